The lowest BCUT2D eigenvalue weighted by Gasteiger charge is -2.08. The van der Waals surface area contributed by atoms with E-state index in [2.05, 4.69) is 26.2 Å². The van der Waals surface area contributed by atoms with Crippen molar-refractivity contribution in [1.29, 1.82) is 0 Å². The van der Waals surface area contributed by atoms with E-state index in [1.165, 1.54) is 11.3 Å². The molecule has 0 aliphatic carbocycles. The molecule has 0 aliphatic rings. The van der Waals surface area contributed by atoms with E-state index in [0.717, 1.165) is 15.2 Å². The van der Waals surface area contributed by atoms with Gasteiger partial charge in [0.05, 0.1) is 11.6 Å². The zero-order valence-electron chi connectivity index (χ0n) is 10.7. The Bertz CT molecular complexity index is 618. The van der Waals surface area contributed by atoms with Crippen molar-refractivity contribution < 1.29 is 9.53 Å². The number of hydrogen-bond donors (Lipinski definition) is 1. The Morgan fingerprint density at radius 3 is 3.00 bits per heavy atom. The molecule has 0 unspecified atom stereocenters. The summed E-state index contributed by atoms with van der Waals surface area (Å²) in [5, 5.41) is 6.02. The fraction of sp³-hybridized carbons (Fsp3) is 0.231. The van der Waals surface area contributed by atoms with Crippen LogP contribution in [0.15, 0.2) is 28.1 Å². The highest BCUT2D eigenvalue weighted by atomic mass is 79.9. The predicted octanol–water partition coefficient (Wildman–Crippen LogP) is 3.56. The number of amides is 1. The first-order valence-corrected chi connectivity index (χ1v) is 7.85. The molecule has 0 spiro atoms. The SMILES string of the molecule is Cc1csc(CNC(=O)COc2ccc(Br)cc2Cl)n1. The van der Waals surface area contributed by atoms with Gasteiger partial charge in [-0.3, -0.25) is 4.79 Å². The van der Waals surface area contributed by atoms with Gasteiger partial charge in [-0.15, -0.1) is 11.3 Å². The van der Waals surface area contributed by atoms with Gasteiger partial charge in [-0.2, -0.15) is 0 Å². The average Bonchev–Trinajstić information content (AvgIpc) is 2.81. The Labute approximate surface area is 134 Å². The fourth-order valence-corrected chi connectivity index (χ4v) is 2.88. The van der Waals surface area contributed by atoms with Crippen LogP contribution < -0.4 is 10.1 Å². The van der Waals surface area contributed by atoms with Gasteiger partial charge in [0.15, 0.2) is 6.61 Å². The maximum Gasteiger partial charge on any atom is 0.258 e. The number of halogens is 2. The molecular weight excluding hydrogens is 364 g/mol. The first-order valence-electron chi connectivity index (χ1n) is 5.80. The Morgan fingerprint density at radius 1 is 1.55 bits per heavy atom. The van der Waals surface area contributed by atoms with Crippen LogP contribution in [-0.4, -0.2) is 17.5 Å². The number of nitrogens with one attached hydrogen (secondary N) is 1. The monoisotopic (exact) mass is 374 g/mol. The molecule has 7 heteroatoms. The molecule has 1 N–H and O–H groups in total. The molecule has 2 rings (SSSR count). The van der Waals surface area contributed by atoms with Crippen molar-refractivity contribution in [1.82, 2.24) is 10.3 Å². The van der Waals surface area contributed by atoms with E-state index in [-0.39, 0.29) is 12.5 Å². The number of carbonyl (C=O) groups is 1. The lowest BCUT2D eigenvalue weighted by atomic mass is 10.3. The zero-order valence-corrected chi connectivity index (χ0v) is 13.8. The number of benzene rings is 1. The highest BCUT2D eigenvalue weighted by molar-refractivity contribution is 9.10. The van der Waals surface area contributed by atoms with Gasteiger partial charge >= 0.3 is 0 Å². The summed E-state index contributed by atoms with van der Waals surface area (Å²) in [6.45, 7) is 2.25. The van der Waals surface area contributed by atoms with Crippen LogP contribution in [0, 0.1) is 6.92 Å². The zero-order chi connectivity index (χ0) is 14.5. The second kappa shape index (κ2) is 7.06. The first-order chi connectivity index (χ1) is 9.54. The molecule has 1 aromatic carbocycles. The summed E-state index contributed by atoms with van der Waals surface area (Å²) in [6, 6.07) is 5.23. The molecule has 106 valence electrons. The van der Waals surface area contributed by atoms with Crippen LogP contribution in [0.5, 0.6) is 5.75 Å². The van der Waals surface area contributed by atoms with E-state index in [4.69, 9.17) is 16.3 Å². The van der Waals surface area contributed by atoms with Gasteiger partial charge in [0.2, 0.25) is 0 Å². The topological polar surface area (TPSA) is 51.2 Å². The normalized spacial score (nSPS) is 10.3. The third-order valence-corrected chi connectivity index (χ3v) is 4.11. The lowest BCUT2D eigenvalue weighted by Crippen LogP contribution is -2.28. The number of carbonyl (C=O) groups excluding carboxylic acids is 1. The van der Waals surface area contributed by atoms with Crippen molar-refractivity contribution in [3.05, 3.63) is 43.8 Å². The molecule has 0 saturated heterocycles. The molecule has 0 fully saturated rings. The minimum absolute atomic E-state index is 0.0777. The highest BCUT2D eigenvalue weighted by Gasteiger charge is 2.07. The third-order valence-electron chi connectivity index (χ3n) is 2.36. The van der Waals surface area contributed by atoms with Crippen molar-refractivity contribution in [3.63, 3.8) is 0 Å². The Kier molecular flexibility index (Phi) is 5.39. The van der Waals surface area contributed by atoms with Crippen LogP contribution in [-0.2, 0) is 11.3 Å². The van der Waals surface area contributed by atoms with E-state index >= 15 is 0 Å². The van der Waals surface area contributed by atoms with Crippen LogP contribution in [0.25, 0.3) is 0 Å². The van der Waals surface area contributed by atoms with Crippen LogP contribution >= 0.6 is 38.9 Å². The van der Waals surface area contributed by atoms with E-state index in [9.17, 15) is 4.79 Å². The Morgan fingerprint density at radius 2 is 2.35 bits per heavy atom. The summed E-state index contributed by atoms with van der Waals surface area (Å²) in [5.74, 6) is 0.270. The van der Waals surface area contributed by atoms with E-state index in [1.807, 2.05) is 12.3 Å². The molecule has 0 atom stereocenters. The van der Waals surface area contributed by atoms with Crippen molar-refractivity contribution in [2.45, 2.75) is 13.5 Å². The van der Waals surface area contributed by atoms with Gasteiger partial charge in [0.1, 0.15) is 10.8 Å². The molecule has 0 radical (unpaired) electrons. The summed E-state index contributed by atoms with van der Waals surface area (Å²) in [7, 11) is 0. The molecular formula is C13H12BrClN2O2S. The molecule has 1 heterocycles. The van der Waals surface area contributed by atoms with Gasteiger partial charge in [0, 0.05) is 15.5 Å². The van der Waals surface area contributed by atoms with Crippen LogP contribution in [0.3, 0.4) is 0 Å². The maximum absolute atomic E-state index is 11.7. The maximum atomic E-state index is 11.7. The van der Waals surface area contributed by atoms with E-state index in [1.54, 1.807) is 18.2 Å². The molecule has 4 nitrogen and oxygen atoms in total. The van der Waals surface area contributed by atoms with Crippen LogP contribution in [0.1, 0.15) is 10.7 Å². The number of aryl methyl sites for hydroxylation is 1. The minimum Gasteiger partial charge on any atom is -0.482 e. The number of aromatic nitrogens is 1. The van der Waals surface area contributed by atoms with Crippen molar-refractivity contribution >= 4 is 44.8 Å². The smallest absolute Gasteiger partial charge is 0.258 e. The molecule has 0 saturated carbocycles. The summed E-state index contributed by atoms with van der Waals surface area (Å²) in [5.41, 5.74) is 0.956. The molecule has 1 aromatic heterocycles. The standard InChI is InChI=1S/C13H12BrClN2O2S/c1-8-7-20-13(17-8)5-16-12(18)6-19-11-3-2-9(14)4-10(11)15/h2-4,7H,5-6H2,1H3,(H,16,18). The Balaban J connectivity index is 1.80. The largest absolute Gasteiger partial charge is 0.482 e. The van der Waals surface area contributed by atoms with Gasteiger partial charge in [-0.05, 0) is 25.1 Å². The van der Waals surface area contributed by atoms with Crippen molar-refractivity contribution in [3.8, 4) is 5.75 Å². The second-order valence-corrected chi connectivity index (χ2v) is 6.29. The number of hydrogen-bond acceptors (Lipinski definition) is 4. The Hall–Kier alpha value is -1.11. The fourth-order valence-electron chi connectivity index (χ4n) is 1.44. The first kappa shape index (κ1) is 15.3. The van der Waals surface area contributed by atoms with Crippen LogP contribution in [0.2, 0.25) is 5.02 Å². The highest BCUT2D eigenvalue weighted by Crippen LogP contribution is 2.27. The van der Waals surface area contributed by atoms with Gasteiger partial charge in [-0.25, -0.2) is 4.98 Å². The summed E-state index contributed by atoms with van der Waals surface area (Å²) in [4.78, 5) is 15.9. The van der Waals surface area contributed by atoms with Crippen molar-refractivity contribution in [2.75, 3.05) is 6.61 Å². The number of thiazole rings is 1. The average molecular weight is 376 g/mol. The molecule has 0 bridgehead atoms. The second-order valence-electron chi connectivity index (χ2n) is 4.02. The molecule has 1 amide bonds. The summed E-state index contributed by atoms with van der Waals surface area (Å²) < 4.78 is 6.23. The third kappa shape index (κ3) is 4.47. The summed E-state index contributed by atoms with van der Waals surface area (Å²) >= 11 is 10.8. The van der Waals surface area contributed by atoms with Gasteiger partial charge < -0.3 is 10.1 Å². The quantitative estimate of drug-likeness (QED) is 0.869. The van der Waals surface area contributed by atoms with Crippen LogP contribution in [0.4, 0.5) is 0 Å². The number of nitrogens with zero attached hydrogens (tertiary/aromatic N) is 1. The van der Waals surface area contributed by atoms with Crippen molar-refractivity contribution in [2.24, 2.45) is 0 Å². The number of ether oxygens (including phenoxy) is 1. The predicted molar refractivity (Wildman–Crippen MR) is 83.3 cm³/mol. The molecule has 20 heavy (non-hydrogen) atoms. The number of rotatable bonds is 5. The van der Waals surface area contributed by atoms with E-state index in [0.29, 0.717) is 17.3 Å². The summed E-state index contributed by atoms with van der Waals surface area (Å²) in [6.07, 6.45) is 0. The van der Waals surface area contributed by atoms with Gasteiger partial charge in [0.25, 0.3) is 5.91 Å². The molecule has 0 aliphatic heterocycles. The van der Waals surface area contributed by atoms with E-state index < -0.39 is 0 Å². The lowest BCUT2D eigenvalue weighted by molar-refractivity contribution is -0.123. The van der Waals surface area contributed by atoms with Gasteiger partial charge in [-0.1, -0.05) is 27.5 Å². The minimum atomic E-state index is -0.211. The molecule has 2 aromatic rings.